The maximum atomic E-state index is 13.0. The molecule has 1 atom stereocenters. The lowest BCUT2D eigenvalue weighted by Crippen LogP contribution is -2.30. The normalized spacial score (nSPS) is 15.9. The van der Waals surface area contributed by atoms with Gasteiger partial charge in [0.25, 0.3) is 11.6 Å². The zero-order valence-corrected chi connectivity index (χ0v) is 16.2. The van der Waals surface area contributed by atoms with Gasteiger partial charge in [-0.25, -0.2) is 0 Å². The van der Waals surface area contributed by atoms with Gasteiger partial charge in [-0.15, -0.1) is 11.8 Å². The van der Waals surface area contributed by atoms with E-state index in [1.807, 2.05) is 54.6 Å². The number of thioether (sulfide) groups is 1. The molecule has 146 valence electrons. The van der Waals surface area contributed by atoms with E-state index in [-0.39, 0.29) is 17.0 Å². The number of nitro benzene ring substituents is 1. The molecule has 0 bridgehead atoms. The van der Waals surface area contributed by atoms with E-state index in [4.69, 9.17) is 4.74 Å². The van der Waals surface area contributed by atoms with Crippen LogP contribution in [0.4, 0.5) is 5.69 Å². The second-order valence-corrected chi connectivity index (χ2v) is 7.70. The van der Waals surface area contributed by atoms with Gasteiger partial charge in [-0.3, -0.25) is 14.9 Å². The van der Waals surface area contributed by atoms with Gasteiger partial charge in [0.2, 0.25) is 0 Å². The van der Waals surface area contributed by atoms with E-state index >= 15 is 0 Å². The Hall–Kier alpha value is -3.32. The van der Waals surface area contributed by atoms with Crippen LogP contribution < -0.4 is 4.74 Å². The molecule has 0 radical (unpaired) electrons. The van der Waals surface area contributed by atoms with Gasteiger partial charge in [-0.2, -0.15) is 0 Å². The molecule has 0 N–H and O–H groups in total. The van der Waals surface area contributed by atoms with Crippen LogP contribution in [-0.4, -0.2) is 28.0 Å². The number of rotatable bonds is 5. The molecule has 3 aromatic rings. The fourth-order valence-corrected chi connectivity index (χ4v) is 4.45. The van der Waals surface area contributed by atoms with E-state index < -0.39 is 4.92 Å². The van der Waals surface area contributed by atoms with Crippen LogP contribution in [0.3, 0.4) is 0 Å². The molecular weight excluding hydrogens is 388 g/mol. The zero-order valence-electron chi connectivity index (χ0n) is 15.4. The average Bonchev–Trinajstić information content (AvgIpc) is 3.24. The van der Waals surface area contributed by atoms with Gasteiger partial charge in [0.1, 0.15) is 16.9 Å². The number of carbonyl (C=O) groups is 1. The second-order valence-electron chi connectivity index (χ2n) is 6.51. The summed E-state index contributed by atoms with van der Waals surface area (Å²) >= 11 is 1.69. The highest BCUT2D eigenvalue weighted by molar-refractivity contribution is 7.99. The molecule has 29 heavy (non-hydrogen) atoms. The number of hydrogen-bond donors (Lipinski definition) is 0. The summed E-state index contributed by atoms with van der Waals surface area (Å²) < 4.78 is 5.92. The second kappa shape index (κ2) is 8.36. The minimum absolute atomic E-state index is 0.0281. The molecule has 0 aliphatic carbocycles. The Bertz CT molecular complexity index is 1020. The number of benzene rings is 3. The Labute approximate surface area is 172 Å². The Balaban J connectivity index is 1.54. The van der Waals surface area contributed by atoms with Crippen molar-refractivity contribution in [2.24, 2.45) is 0 Å². The van der Waals surface area contributed by atoms with Crippen molar-refractivity contribution in [2.75, 3.05) is 12.3 Å². The standard InChI is InChI=1S/C22H18N2O4S/c25-21(16-9-11-18(12-10-16)24(26)27)23-13-14-29-22(23)17-5-4-8-20(15-17)28-19-6-2-1-3-7-19/h1-12,15,22H,13-14H2. The highest BCUT2D eigenvalue weighted by Gasteiger charge is 2.31. The third kappa shape index (κ3) is 4.25. The first kappa shape index (κ1) is 19.0. The third-order valence-corrected chi connectivity index (χ3v) is 5.86. The van der Waals surface area contributed by atoms with Crippen molar-refractivity contribution < 1.29 is 14.5 Å². The molecule has 1 amide bonds. The molecule has 6 nitrogen and oxygen atoms in total. The van der Waals surface area contributed by atoms with Crippen molar-refractivity contribution in [1.29, 1.82) is 0 Å². The van der Waals surface area contributed by atoms with Crippen molar-refractivity contribution in [1.82, 2.24) is 4.90 Å². The Kier molecular flexibility index (Phi) is 5.48. The summed E-state index contributed by atoms with van der Waals surface area (Å²) in [5.41, 5.74) is 1.40. The molecule has 0 saturated carbocycles. The lowest BCUT2D eigenvalue weighted by molar-refractivity contribution is -0.384. The first-order chi connectivity index (χ1) is 14.1. The SMILES string of the molecule is O=C(c1ccc([N+](=O)[O-])cc1)N1CCSC1c1cccc(Oc2ccccc2)c1. The number of non-ortho nitro benzene ring substituents is 1. The molecule has 0 aromatic heterocycles. The predicted octanol–water partition coefficient (Wildman–Crippen LogP) is 5.27. The number of nitrogens with zero attached hydrogens (tertiary/aromatic N) is 2. The minimum Gasteiger partial charge on any atom is -0.457 e. The predicted molar refractivity (Wildman–Crippen MR) is 112 cm³/mol. The van der Waals surface area contributed by atoms with Crippen LogP contribution in [0.25, 0.3) is 0 Å². The van der Waals surface area contributed by atoms with E-state index in [9.17, 15) is 14.9 Å². The van der Waals surface area contributed by atoms with Crippen molar-refractivity contribution in [3.8, 4) is 11.5 Å². The van der Waals surface area contributed by atoms with Gasteiger partial charge in [0.05, 0.1) is 4.92 Å². The first-order valence-corrected chi connectivity index (χ1v) is 10.2. The molecule has 1 heterocycles. The summed E-state index contributed by atoms with van der Waals surface area (Å²) in [6.07, 6.45) is 0. The Morgan fingerprint density at radius 1 is 1.00 bits per heavy atom. The van der Waals surface area contributed by atoms with Gasteiger partial charge in [-0.05, 0) is 42.0 Å². The van der Waals surface area contributed by atoms with Crippen molar-refractivity contribution in [3.63, 3.8) is 0 Å². The van der Waals surface area contributed by atoms with Crippen LogP contribution in [0, 0.1) is 10.1 Å². The van der Waals surface area contributed by atoms with Crippen LogP contribution in [0.5, 0.6) is 11.5 Å². The van der Waals surface area contributed by atoms with Crippen molar-refractivity contribution in [3.05, 3.63) is 100 Å². The van der Waals surface area contributed by atoms with Crippen LogP contribution in [0.15, 0.2) is 78.9 Å². The monoisotopic (exact) mass is 406 g/mol. The van der Waals surface area contributed by atoms with Gasteiger partial charge in [0, 0.05) is 30.0 Å². The van der Waals surface area contributed by atoms with Crippen molar-refractivity contribution >= 4 is 23.4 Å². The van der Waals surface area contributed by atoms with Gasteiger partial charge < -0.3 is 9.64 Å². The fourth-order valence-electron chi connectivity index (χ4n) is 3.20. The van der Waals surface area contributed by atoms with Gasteiger partial charge in [0.15, 0.2) is 0 Å². The van der Waals surface area contributed by atoms with Gasteiger partial charge >= 0.3 is 0 Å². The number of para-hydroxylation sites is 1. The van der Waals surface area contributed by atoms with E-state index in [1.54, 1.807) is 16.7 Å². The number of amides is 1. The molecule has 7 heteroatoms. The molecule has 3 aromatic carbocycles. The lowest BCUT2D eigenvalue weighted by atomic mass is 10.1. The quantitative estimate of drug-likeness (QED) is 0.426. The highest BCUT2D eigenvalue weighted by Crippen LogP contribution is 2.40. The molecule has 1 saturated heterocycles. The highest BCUT2D eigenvalue weighted by atomic mass is 32.2. The zero-order chi connectivity index (χ0) is 20.2. The Morgan fingerprint density at radius 3 is 2.45 bits per heavy atom. The summed E-state index contributed by atoms with van der Waals surface area (Å²) in [5, 5.41) is 10.7. The third-order valence-electron chi connectivity index (χ3n) is 4.60. The Morgan fingerprint density at radius 2 is 1.72 bits per heavy atom. The summed E-state index contributed by atoms with van der Waals surface area (Å²) in [7, 11) is 0. The van der Waals surface area contributed by atoms with Crippen LogP contribution in [0.1, 0.15) is 21.3 Å². The smallest absolute Gasteiger partial charge is 0.269 e. The summed E-state index contributed by atoms with van der Waals surface area (Å²) in [4.78, 5) is 25.2. The summed E-state index contributed by atoms with van der Waals surface area (Å²) in [6.45, 7) is 0.620. The van der Waals surface area contributed by atoms with Crippen LogP contribution in [0.2, 0.25) is 0 Å². The number of hydrogen-bond acceptors (Lipinski definition) is 5. The lowest BCUT2D eigenvalue weighted by Gasteiger charge is -2.24. The molecule has 1 aliphatic heterocycles. The fraction of sp³-hybridized carbons (Fsp3) is 0.136. The summed E-state index contributed by atoms with van der Waals surface area (Å²) in [6, 6.07) is 23.0. The largest absolute Gasteiger partial charge is 0.457 e. The van der Waals surface area contributed by atoms with E-state index in [0.717, 1.165) is 17.1 Å². The van der Waals surface area contributed by atoms with Gasteiger partial charge in [-0.1, -0.05) is 30.3 Å². The first-order valence-electron chi connectivity index (χ1n) is 9.12. The summed E-state index contributed by atoms with van der Waals surface area (Å²) in [5.74, 6) is 2.16. The minimum atomic E-state index is -0.471. The topological polar surface area (TPSA) is 72.7 Å². The van der Waals surface area contributed by atoms with E-state index in [2.05, 4.69) is 0 Å². The molecule has 1 aliphatic rings. The van der Waals surface area contributed by atoms with Crippen LogP contribution >= 0.6 is 11.8 Å². The van der Waals surface area contributed by atoms with Crippen LogP contribution in [-0.2, 0) is 0 Å². The molecule has 1 fully saturated rings. The van der Waals surface area contributed by atoms with E-state index in [0.29, 0.717) is 17.9 Å². The van der Waals surface area contributed by atoms with Crippen molar-refractivity contribution in [2.45, 2.75) is 5.37 Å². The van der Waals surface area contributed by atoms with E-state index in [1.165, 1.54) is 24.3 Å². The number of nitro groups is 1. The molecule has 1 unspecified atom stereocenters. The maximum Gasteiger partial charge on any atom is 0.269 e. The maximum absolute atomic E-state index is 13.0. The number of carbonyl (C=O) groups excluding carboxylic acids is 1. The molecule has 0 spiro atoms. The average molecular weight is 406 g/mol. The molecule has 4 rings (SSSR count). The molecular formula is C22H18N2O4S. The number of ether oxygens (including phenoxy) is 1.